The Morgan fingerprint density at radius 2 is 0.889 bits per heavy atom. The summed E-state index contributed by atoms with van der Waals surface area (Å²) in [6.45, 7) is 0. The molecule has 0 saturated carbocycles. The number of nitrogens with zero attached hydrogens (tertiary/aromatic N) is 4. The third-order valence-electron chi connectivity index (χ3n) is 5.60. The molecule has 0 aromatic heterocycles. The van der Waals surface area contributed by atoms with Gasteiger partial charge in [-0.3, -0.25) is 13.7 Å². The van der Waals surface area contributed by atoms with E-state index in [1.54, 1.807) is 0 Å². The minimum Gasteiger partial charge on any atom is -0.744 e. The second kappa shape index (κ2) is 12.8. The minimum absolute atomic E-state index is 0. The quantitative estimate of drug-likeness (QED) is 0.0957. The van der Waals surface area contributed by atoms with Crippen molar-refractivity contribution in [2.45, 2.75) is 19.6 Å². The second-order valence-corrected chi connectivity index (χ2v) is 14.0. The maximum absolute atomic E-state index is 12.2. The largest absolute Gasteiger partial charge is 1.00 e. The van der Waals surface area contributed by atoms with Gasteiger partial charge in [-0.1, -0.05) is 24.3 Å². The van der Waals surface area contributed by atoms with Crippen molar-refractivity contribution >= 4 is 74.0 Å². The molecule has 0 fully saturated rings. The van der Waals surface area contributed by atoms with Crippen LogP contribution in [0.3, 0.4) is 0 Å². The van der Waals surface area contributed by atoms with E-state index < -0.39 is 105 Å². The van der Waals surface area contributed by atoms with Gasteiger partial charge in [-0.25, -0.2) is 8.42 Å². The number of hydrogen-bond acceptors (Lipinski definition) is 15. The van der Waals surface area contributed by atoms with Crippen LogP contribution in [0.5, 0.6) is 11.5 Å². The summed E-state index contributed by atoms with van der Waals surface area (Å²) >= 11 is 0. The summed E-state index contributed by atoms with van der Waals surface area (Å²) in [4.78, 5) is -4.18. The Balaban J connectivity index is 0.00000552. The van der Waals surface area contributed by atoms with Crippen LogP contribution in [0.15, 0.2) is 101 Å². The molecular formula is C22H15N4NaO14S4. The Morgan fingerprint density at radius 3 is 1.27 bits per heavy atom. The molecule has 0 radical (unpaired) electrons. The van der Waals surface area contributed by atoms with E-state index in [2.05, 4.69) is 20.5 Å². The van der Waals surface area contributed by atoms with Crippen LogP contribution in [0, 0.1) is 0 Å². The SMILES string of the molecule is O=S(=O)([O-])c1cc2cc(S(=O)(=O)O)c(N=Nc3ccccc3S(=O)(=O)O)c(O)c2c(O)c1N=Nc1ccccc1S(=O)(=O)O.[Na+]. The van der Waals surface area contributed by atoms with E-state index in [0.29, 0.717) is 12.1 Å². The molecule has 4 aromatic carbocycles. The summed E-state index contributed by atoms with van der Waals surface area (Å²) in [5, 5.41) is 34.3. The zero-order valence-corrected chi connectivity index (χ0v) is 27.4. The van der Waals surface area contributed by atoms with Gasteiger partial charge in [0, 0.05) is 0 Å². The van der Waals surface area contributed by atoms with Gasteiger partial charge in [0.25, 0.3) is 30.4 Å². The molecular weight excluding hydrogens is 696 g/mol. The molecule has 0 aliphatic carbocycles. The molecule has 0 aliphatic heterocycles. The third kappa shape index (κ3) is 7.70. The predicted octanol–water partition coefficient (Wildman–Crippen LogP) is 0.730. The van der Waals surface area contributed by atoms with Gasteiger partial charge in [0.1, 0.15) is 47.6 Å². The zero-order valence-electron chi connectivity index (χ0n) is 22.1. The van der Waals surface area contributed by atoms with Gasteiger partial charge in [0.15, 0.2) is 11.5 Å². The van der Waals surface area contributed by atoms with Crippen molar-refractivity contribution in [3.63, 3.8) is 0 Å². The number of benzene rings is 4. The molecule has 23 heteroatoms. The number of phenols is 2. The van der Waals surface area contributed by atoms with Crippen LogP contribution in [0.1, 0.15) is 0 Å². The van der Waals surface area contributed by atoms with E-state index in [9.17, 15) is 62.1 Å². The van der Waals surface area contributed by atoms with Crippen LogP contribution in [0.2, 0.25) is 0 Å². The van der Waals surface area contributed by atoms with Crippen molar-refractivity contribution < 1.29 is 91.7 Å². The molecule has 0 spiro atoms. The summed E-state index contributed by atoms with van der Waals surface area (Å²) in [7, 11) is -20.7. The number of fused-ring (bicyclic) bond motifs is 1. The van der Waals surface area contributed by atoms with Gasteiger partial charge in [-0.15, -0.1) is 20.5 Å². The van der Waals surface area contributed by atoms with Crippen LogP contribution in [-0.2, 0) is 40.5 Å². The molecule has 0 atom stereocenters. The van der Waals surface area contributed by atoms with Gasteiger partial charge >= 0.3 is 29.6 Å². The molecule has 0 amide bonds. The third-order valence-corrected chi connectivity index (χ3v) is 9.12. The minimum atomic E-state index is -5.57. The molecule has 0 unspecified atom stereocenters. The maximum atomic E-state index is 12.2. The molecule has 232 valence electrons. The van der Waals surface area contributed by atoms with Crippen molar-refractivity contribution in [2.24, 2.45) is 20.5 Å². The summed E-state index contributed by atoms with van der Waals surface area (Å²) < 4.78 is 136. The van der Waals surface area contributed by atoms with Gasteiger partial charge in [0.2, 0.25) is 0 Å². The number of hydrogen-bond donors (Lipinski definition) is 5. The van der Waals surface area contributed by atoms with Crippen LogP contribution in [0.4, 0.5) is 22.7 Å². The fourth-order valence-electron chi connectivity index (χ4n) is 3.77. The van der Waals surface area contributed by atoms with E-state index in [1.165, 1.54) is 24.3 Å². The van der Waals surface area contributed by atoms with E-state index in [4.69, 9.17) is 0 Å². The van der Waals surface area contributed by atoms with Crippen molar-refractivity contribution in [2.75, 3.05) is 0 Å². The summed E-state index contributed by atoms with van der Waals surface area (Å²) in [6.07, 6.45) is 0. The average Bonchev–Trinajstić information content (AvgIpc) is 2.89. The summed E-state index contributed by atoms with van der Waals surface area (Å²) in [6, 6.07) is 9.65. The summed E-state index contributed by atoms with van der Waals surface area (Å²) in [5.41, 5.74) is -3.45. The fraction of sp³-hybridized carbons (Fsp3) is 0. The smallest absolute Gasteiger partial charge is 0.744 e. The molecule has 4 rings (SSSR count). The van der Waals surface area contributed by atoms with Crippen molar-refractivity contribution in [3.8, 4) is 11.5 Å². The molecule has 5 N–H and O–H groups in total. The normalized spacial score (nSPS) is 13.0. The molecule has 0 bridgehead atoms. The first-order valence-electron chi connectivity index (χ1n) is 11.2. The van der Waals surface area contributed by atoms with E-state index in [-0.39, 0.29) is 29.6 Å². The van der Waals surface area contributed by atoms with Crippen LogP contribution in [-0.4, -0.2) is 62.1 Å². The first-order chi connectivity index (χ1) is 20.2. The standard InChI is InChI=1S/C22H16N4O14S4.Na/c27-21-18-11(9-16(43(35,36)37)19(21)25-23-12-5-1-3-7-14(12)41(29,30)31)10-17(44(38,39)40)20(22(18)28)26-24-13-6-2-4-8-15(13)42(32,33)34;/h1-10,27-28H,(H,29,30,31)(H,32,33,34)(H,35,36,37)(H,38,39,40);/q;+1/p-1. The van der Waals surface area contributed by atoms with Crippen molar-refractivity contribution in [1.29, 1.82) is 0 Å². The Labute approximate surface area is 276 Å². The molecule has 0 aliphatic rings. The van der Waals surface area contributed by atoms with Gasteiger partial charge in [-0.2, -0.15) is 25.3 Å². The van der Waals surface area contributed by atoms with Crippen molar-refractivity contribution in [1.82, 2.24) is 0 Å². The zero-order chi connectivity index (χ0) is 32.8. The second-order valence-electron chi connectivity index (χ2n) is 8.46. The maximum Gasteiger partial charge on any atom is 1.00 e. The fourth-order valence-corrected chi connectivity index (χ4v) is 6.32. The number of phenolic OH excluding ortho intramolecular Hbond substituents is 2. The van der Waals surface area contributed by atoms with E-state index >= 15 is 0 Å². The van der Waals surface area contributed by atoms with Crippen molar-refractivity contribution in [3.05, 3.63) is 60.7 Å². The van der Waals surface area contributed by atoms with Gasteiger partial charge in [0.05, 0.1) is 10.3 Å². The Kier molecular flexibility index (Phi) is 10.2. The number of azo groups is 2. The number of aromatic hydroxyl groups is 2. The van der Waals surface area contributed by atoms with Crippen LogP contribution < -0.4 is 29.6 Å². The van der Waals surface area contributed by atoms with Gasteiger partial charge < -0.3 is 14.8 Å². The Bertz CT molecular complexity index is 2200. The van der Waals surface area contributed by atoms with E-state index in [0.717, 1.165) is 24.3 Å². The van der Waals surface area contributed by atoms with E-state index in [1.807, 2.05) is 0 Å². The first kappa shape index (κ1) is 36.1. The Hall–Kier alpha value is -3.42. The molecule has 0 heterocycles. The molecule has 4 aromatic rings. The van der Waals surface area contributed by atoms with Crippen LogP contribution in [0.25, 0.3) is 10.8 Å². The molecule has 18 nitrogen and oxygen atoms in total. The van der Waals surface area contributed by atoms with Gasteiger partial charge in [-0.05, 0) is 41.8 Å². The Morgan fingerprint density at radius 1 is 0.533 bits per heavy atom. The molecule has 45 heavy (non-hydrogen) atoms. The topological polar surface area (TPSA) is 310 Å². The number of rotatable bonds is 8. The summed E-state index contributed by atoms with van der Waals surface area (Å²) in [5.74, 6) is -2.65. The monoisotopic (exact) mass is 710 g/mol. The average molecular weight is 711 g/mol. The first-order valence-corrected chi connectivity index (χ1v) is 16.9. The molecule has 0 saturated heterocycles. The predicted molar refractivity (Wildman–Crippen MR) is 146 cm³/mol. The van der Waals surface area contributed by atoms with Crippen LogP contribution >= 0.6 is 0 Å².